The average molecular weight is 529 g/mol. The fourth-order valence-corrected chi connectivity index (χ4v) is 5.27. The molecule has 1 aliphatic carbocycles. The molecule has 4 rings (SSSR count). The molecular formula is C31H36N4O4. The minimum Gasteiger partial charge on any atom is -0.465 e. The van der Waals surface area contributed by atoms with Gasteiger partial charge >= 0.3 is 6.09 Å². The number of pyridine rings is 1. The molecule has 8 nitrogen and oxygen atoms in total. The van der Waals surface area contributed by atoms with E-state index in [1.165, 1.54) is 0 Å². The molecule has 0 saturated heterocycles. The zero-order valence-electron chi connectivity index (χ0n) is 22.7. The lowest BCUT2D eigenvalue weighted by Crippen LogP contribution is -2.38. The number of hydrogen-bond donors (Lipinski definition) is 3. The Kier molecular flexibility index (Phi) is 8.96. The van der Waals surface area contributed by atoms with E-state index >= 15 is 0 Å². The molecule has 1 saturated carbocycles. The number of aromatic nitrogens is 1. The Hall–Kier alpha value is -4.20. The van der Waals surface area contributed by atoms with E-state index in [9.17, 15) is 14.4 Å². The number of nitrogens with zero attached hydrogens (tertiary/aromatic N) is 2. The predicted octanol–water partition coefficient (Wildman–Crippen LogP) is 6.11. The summed E-state index contributed by atoms with van der Waals surface area (Å²) in [6, 6.07) is 19.4. The summed E-state index contributed by atoms with van der Waals surface area (Å²) in [5.41, 5.74) is 5.04. The van der Waals surface area contributed by atoms with Crippen molar-refractivity contribution in [3.8, 4) is 22.4 Å². The summed E-state index contributed by atoms with van der Waals surface area (Å²) in [7, 11) is 1.85. The normalized spacial score (nSPS) is 17.6. The summed E-state index contributed by atoms with van der Waals surface area (Å²) < 4.78 is 0. The summed E-state index contributed by atoms with van der Waals surface area (Å²) in [5.74, 6) is 0.359. The van der Waals surface area contributed by atoms with Crippen LogP contribution in [-0.2, 0) is 9.59 Å². The van der Waals surface area contributed by atoms with Crippen LogP contribution in [0.1, 0.15) is 57.6 Å². The first kappa shape index (κ1) is 27.8. The maximum atomic E-state index is 12.9. The Morgan fingerprint density at radius 3 is 2.28 bits per heavy atom. The second-order valence-corrected chi connectivity index (χ2v) is 10.3. The zero-order chi connectivity index (χ0) is 27.9. The molecule has 39 heavy (non-hydrogen) atoms. The lowest BCUT2D eigenvalue weighted by atomic mass is 9.83. The third-order valence-electron chi connectivity index (χ3n) is 7.62. The molecule has 3 N–H and O–H groups in total. The van der Waals surface area contributed by atoms with Crippen LogP contribution in [0.3, 0.4) is 0 Å². The number of anilines is 1. The van der Waals surface area contributed by atoms with Gasteiger partial charge in [0.15, 0.2) is 0 Å². The van der Waals surface area contributed by atoms with Gasteiger partial charge in [-0.25, -0.2) is 4.79 Å². The van der Waals surface area contributed by atoms with Crippen LogP contribution in [0.2, 0.25) is 0 Å². The molecular weight excluding hydrogens is 492 g/mol. The molecule has 1 heterocycles. The van der Waals surface area contributed by atoms with Gasteiger partial charge in [0.1, 0.15) is 0 Å². The molecule has 2 aromatic carbocycles. The van der Waals surface area contributed by atoms with Gasteiger partial charge in [0.25, 0.3) is 0 Å². The van der Waals surface area contributed by atoms with Gasteiger partial charge in [-0.3, -0.25) is 14.6 Å². The predicted molar refractivity (Wildman–Crippen MR) is 152 cm³/mol. The Bertz CT molecular complexity index is 1300. The maximum absolute atomic E-state index is 12.9. The molecule has 3 amide bonds. The lowest BCUT2D eigenvalue weighted by molar-refractivity contribution is -0.130. The molecule has 1 aliphatic rings. The largest absolute Gasteiger partial charge is 0.465 e. The monoisotopic (exact) mass is 528 g/mol. The lowest BCUT2D eigenvalue weighted by Gasteiger charge is -2.34. The van der Waals surface area contributed by atoms with Crippen LogP contribution in [0.25, 0.3) is 22.4 Å². The smallest absolute Gasteiger partial charge is 0.405 e. The van der Waals surface area contributed by atoms with Gasteiger partial charge in [-0.15, -0.1) is 0 Å². The highest BCUT2D eigenvalue weighted by molar-refractivity contribution is 5.93. The Morgan fingerprint density at radius 2 is 1.67 bits per heavy atom. The zero-order valence-corrected chi connectivity index (χ0v) is 22.7. The number of hydrogen-bond acceptors (Lipinski definition) is 4. The third-order valence-corrected chi connectivity index (χ3v) is 7.62. The van der Waals surface area contributed by atoms with Crippen molar-refractivity contribution in [2.75, 3.05) is 12.4 Å². The summed E-state index contributed by atoms with van der Waals surface area (Å²) >= 11 is 0. The van der Waals surface area contributed by atoms with Crippen molar-refractivity contribution >= 4 is 23.6 Å². The molecule has 1 aromatic heterocycles. The van der Waals surface area contributed by atoms with E-state index in [2.05, 4.69) is 10.6 Å². The molecule has 1 unspecified atom stereocenters. The number of carbonyl (C=O) groups is 3. The topological polar surface area (TPSA) is 112 Å². The Balaban J connectivity index is 1.48. The van der Waals surface area contributed by atoms with Crippen LogP contribution >= 0.6 is 0 Å². The van der Waals surface area contributed by atoms with Crippen molar-refractivity contribution < 1.29 is 19.5 Å². The summed E-state index contributed by atoms with van der Waals surface area (Å²) in [4.78, 5) is 42.1. The van der Waals surface area contributed by atoms with E-state index in [1.807, 2.05) is 72.6 Å². The van der Waals surface area contributed by atoms with E-state index in [-0.39, 0.29) is 23.9 Å². The van der Waals surface area contributed by atoms with Crippen LogP contribution in [0, 0.1) is 5.92 Å². The second-order valence-electron chi connectivity index (χ2n) is 10.3. The van der Waals surface area contributed by atoms with Crippen LogP contribution in [-0.4, -0.2) is 46.0 Å². The molecule has 8 heteroatoms. The third kappa shape index (κ3) is 7.22. The first-order valence-corrected chi connectivity index (χ1v) is 13.4. The van der Waals surface area contributed by atoms with Crippen LogP contribution in [0.15, 0.2) is 66.9 Å². The van der Waals surface area contributed by atoms with Gasteiger partial charge in [-0.2, -0.15) is 0 Å². The van der Waals surface area contributed by atoms with Gasteiger partial charge < -0.3 is 20.6 Å². The second kappa shape index (κ2) is 12.6. The quantitative estimate of drug-likeness (QED) is 0.327. The van der Waals surface area contributed by atoms with Gasteiger partial charge in [-0.1, -0.05) is 54.6 Å². The standard InChI is InChI=1S/C31H36N4O4/c1-20(33-31(38)39)23-11-13-25(14-12-23)30-28(24-7-5-4-6-8-24)18-26(19-32-30)34-29(37)17-22-9-15-27(16-10-22)35(3)21(2)36/h4-8,11-14,18-20,22,27,33H,9-10,15-17H2,1-3H3,(H,34,37)(H,38,39)/t20?,22-,27-. The van der Waals surface area contributed by atoms with Gasteiger partial charge in [-0.05, 0) is 55.7 Å². The molecule has 0 bridgehead atoms. The highest BCUT2D eigenvalue weighted by Gasteiger charge is 2.26. The Labute approximate surface area is 229 Å². The van der Waals surface area contributed by atoms with Crippen molar-refractivity contribution in [3.63, 3.8) is 0 Å². The van der Waals surface area contributed by atoms with Crippen LogP contribution in [0.5, 0.6) is 0 Å². The van der Waals surface area contributed by atoms with E-state index in [1.54, 1.807) is 20.0 Å². The van der Waals surface area contributed by atoms with E-state index in [0.29, 0.717) is 18.0 Å². The molecule has 1 fully saturated rings. The number of nitrogens with one attached hydrogen (secondary N) is 2. The minimum absolute atomic E-state index is 0.0313. The highest BCUT2D eigenvalue weighted by atomic mass is 16.4. The number of rotatable bonds is 8. The molecule has 0 radical (unpaired) electrons. The number of benzene rings is 2. The van der Waals surface area contributed by atoms with Gasteiger partial charge in [0, 0.05) is 37.6 Å². The molecule has 0 spiro atoms. The van der Waals surface area contributed by atoms with E-state index in [0.717, 1.165) is 53.6 Å². The summed E-state index contributed by atoms with van der Waals surface area (Å²) in [5, 5.41) is 14.5. The summed E-state index contributed by atoms with van der Waals surface area (Å²) in [6.45, 7) is 3.39. The summed E-state index contributed by atoms with van der Waals surface area (Å²) in [6.07, 6.45) is 4.77. The fourth-order valence-electron chi connectivity index (χ4n) is 5.27. The fraction of sp³-hybridized carbons (Fsp3) is 0.355. The molecule has 204 valence electrons. The van der Waals surface area contributed by atoms with E-state index < -0.39 is 6.09 Å². The number of amides is 3. The first-order valence-electron chi connectivity index (χ1n) is 13.4. The van der Waals surface area contributed by atoms with Crippen molar-refractivity contribution in [3.05, 3.63) is 72.4 Å². The molecule has 3 aromatic rings. The Morgan fingerprint density at radius 1 is 1.00 bits per heavy atom. The van der Waals surface area contributed by atoms with Crippen molar-refractivity contribution in [2.45, 2.75) is 58.0 Å². The van der Waals surface area contributed by atoms with Gasteiger partial charge in [0.05, 0.1) is 23.6 Å². The van der Waals surface area contributed by atoms with Crippen molar-refractivity contribution in [2.24, 2.45) is 5.92 Å². The van der Waals surface area contributed by atoms with Crippen LogP contribution < -0.4 is 10.6 Å². The SMILES string of the molecule is CC(=O)N(C)[C@H]1CC[C@H](CC(=O)Nc2cnc(-c3ccc(C(C)NC(=O)O)cc3)c(-c3ccccc3)c2)CC1. The average Bonchev–Trinajstić information content (AvgIpc) is 2.93. The minimum atomic E-state index is -1.06. The molecule has 1 atom stereocenters. The highest BCUT2D eigenvalue weighted by Crippen LogP contribution is 2.34. The van der Waals surface area contributed by atoms with Crippen molar-refractivity contribution in [1.29, 1.82) is 0 Å². The maximum Gasteiger partial charge on any atom is 0.405 e. The van der Waals surface area contributed by atoms with Gasteiger partial charge in [0.2, 0.25) is 11.8 Å². The van der Waals surface area contributed by atoms with Crippen LogP contribution in [0.4, 0.5) is 10.5 Å². The van der Waals surface area contributed by atoms with Crippen molar-refractivity contribution in [1.82, 2.24) is 15.2 Å². The first-order chi connectivity index (χ1) is 18.7. The number of carboxylic acid groups (broad SMARTS) is 1. The van der Waals surface area contributed by atoms with E-state index in [4.69, 9.17) is 10.1 Å². The number of carbonyl (C=O) groups excluding carboxylic acids is 2. The molecule has 0 aliphatic heterocycles.